The Morgan fingerprint density at radius 3 is 2.50 bits per heavy atom. The first-order valence-electron chi connectivity index (χ1n) is 4.45. The third kappa shape index (κ3) is 2.04. The minimum atomic E-state index is 0. The Bertz CT molecular complexity index is 437. The number of fused-ring (bicyclic) bond motifs is 1. The quantitative estimate of drug-likeness (QED) is 0.717. The van der Waals surface area contributed by atoms with Gasteiger partial charge in [0, 0.05) is 50.0 Å². The van der Waals surface area contributed by atoms with Crippen LogP contribution < -0.4 is 0 Å². The summed E-state index contributed by atoms with van der Waals surface area (Å²) in [5.74, 6) is 0. The maximum absolute atomic E-state index is 4.36. The molecule has 2 heteroatoms. The number of aryl methyl sites for hydroxylation is 1. The van der Waals surface area contributed by atoms with E-state index in [0.29, 0.717) is 0 Å². The molecule has 0 N–H and O–H groups in total. The van der Waals surface area contributed by atoms with E-state index in [-0.39, 0.29) is 32.7 Å². The van der Waals surface area contributed by atoms with Crippen LogP contribution in [0, 0.1) is 13.8 Å². The topological polar surface area (TPSA) is 12.9 Å². The molecule has 0 aliphatic carbocycles. The van der Waals surface area contributed by atoms with E-state index in [2.05, 4.69) is 37.0 Å². The van der Waals surface area contributed by atoms with Gasteiger partial charge in [0.25, 0.3) is 0 Å². The fourth-order valence-corrected chi connectivity index (χ4v) is 1.59. The zero-order chi connectivity index (χ0) is 9.26. The molecular weight excluding hydrogens is 247 g/mol. The van der Waals surface area contributed by atoms with E-state index >= 15 is 0 Å². The molecule has 1 aromatic carbocycles. The van der Waals surface area contributed by atoms with E-state index in [0.717, 1.165) is 12.1 Å². The second-order valence-electron chi connectivity index (χ2n) is 3.18. The molecule has 2 rings (SSSR count). The first-order valence-corrected chi connectivity index (χ1v) is 4.45. The minimum Gasteiger partial charge on any atom is -0.338 e. The summed E-state index contributed by atoms with van der Waals surface area (Å²) in [4.78, 5) is 4.36. The van der Waals surface area contributed by atoms with Crippen molar-refractivity contribution in [1.29, 1.82) is 0 Å². The summed E-state index contributed by atoms with van der Waals surface area (Å²) in [5.41, 5.74) is 2.31. The van der Waals surface area contributed by atoms with Gasteiger partial charge < -0.3 is 6.92 Å². The van der Waals surface area contributed by atoms with Crippen LogP contribution in [0.15, 0.2) is 30.5 Å². The largest absolute Gasteiger partial charge is 0.338 e. The van der Waals surface area contributed by atoms with Gasteiger partial charge in [-0.2, -0.15) is 0 Å². The Kier molecular flexibility index (Phi) is 4.21. The molecule has 1 heterocycles. The molecule has 1 aromatic heterocycles. The van der Waals surface area contributed by atoms with Gasteiger partial charge in [-0.05, 0) is 17.9 Å². The van der Waals surface area contributed by atoms with E-state index in [1.807, 2.05) is 12.3 Å². The Labute approximate surface area is 110 Å². The standard InChI is InChI=1S/C12H12N.Y/c1-3-12-11-7-5-4-6-10(11)9(2)8-13-12;/h4-8H,1,3H2,2H3;/q-1;. The van der Waals surface area contributed by atoms with E-state index in [1.165, 1.54) is 16.3 Å². The zero-order valence-electron chi connectivity index (χ0n) is 8.33. The van der Waals surface area contributed by atoms with Crippen LogP contribution >= 0.6 is 0 Å². The van der Waals surface area contributed by atoms with Crippen molar-refractivity contribution in [1.82, 2.24) is 4.98 Å². The van der Waals surface area contributed by atoms with Crippen molar-refractivity contribution < 1.29 is 32.7 Å². The predicted molar refractivity (Wildman–Crippen MR) is 55.5 cm³/mol. The molecule has 0 unspecified atom stereocenters. The van der Waals surface area contributed by atoms with Crippen molar-refractivity contribution in [2.24, 2.45) is 0 Å². The Morgan fingerprint density at radius 1 is 1.21 bits per heavy atom. The molecule has 2 aromatic rings. The molecule has 0 spiro atoms. The molecule has 0 aliphatic rings. The number of hydrogen-bond donors (Lipinski definition) is 0. The van der Waals surface area contributed by atoms with Crippen molar-refractivity contribution in [3.63, 3.8) is 0 Å². The molecule has 0 fully saturated rings. The molecule has 14 heavy (non-hydrogen) atoms. The van der Waals surface area contributed by atoms with Crippen molar-refractivity contribution in [3.05, 3.63) is 48.6 Å². The summed E-state index contributed by atoms with van der Waals surface area (Å²) in [7, 11) is 0. The second kappa shape index (κ2) is 5.00. The zero-order valence-corrected chi connectivity index (χ0v) is 11.2. The van der Waals surface area contributed by atoms with E-state index in [1.54, 1.807) is 0 Å². The van der Waals surface area contributed by atoms with Crippen LogP contribution in [0.1, 0.15) is 11.3 Å². The fraction of sp³-hybridized carbons (Fsp3) is 0.167. The van der Waals surface area contributed by atoms with Crippen LogP contribution in [0.5, 0.6) is 0 Å². The molecule has 0 atom stereocenters. The van der Waals surface area contributed by atoms with Crippen LogP contribution in [0.4, 0.5) is 0 Å². The molecular formula is C12H12NY-. The molecule has 0 bridgehead atoms. The molecule has 0 saturated heterocycles. The number of pyridine rings is 1. The van der Waals surface area contributed by atoms with Gasteiger partial charge in [0.05, 0.1) is 0 Å². The van der Waals surface area contributed by atoms with Crippen LogP contribution in [-0.4, -0.2) is 4.98 Å². The molecule has 69 valence electrons. The average Bonchev–Trinajstić information content (AvgIpc) is 2.19. The van der Waals surface area contributed by atoms with Gasteiger partial charge in [0.1, 0.15) is 0 Å². The maximum atomic E-state index is 4.36. The number of aromatic nitrogens is 1. The van der Waals surface area contributed by atoms with Crippen LogP contribution in [0.3, 0.4) is 0 Å². The fourth-order valence-electron chi connectivity index (χ4n) is 1.59. The Morgan fingerprint density at radius 2 is 1.86 bits per heavy atom. The number of benzene rings is 1. The van der Waals surface area contributed by atoms with Crippen molar-refractivity contribution in [3.8, 4) is 0 Å². The van der Waals surface area contributed by atoms with Gasteiger partial charge in [-0.25, -0.2) is 0 Å². The van der Waals surface area contributed by atoms with Crippen LogP contribution in [-0.2, 0) is 39.1 Å². The van der Waals surface area contributed by atoms with E-state index in [4.69, 9.17) is 0 Å². The minimum absolute atomic E-state index is 0. The number of nitrogens with zero attached hydrogens (tertiary/aromatic N) is 1. The normalized spacial score (nSPS) is 9.86. The van der Waals surface area contributed by atoms with Gasteiger partial charge in [0.2, 0.25) is 0 Å². The first-order chi connectivity index (χ1) is 6.33. The van der Waals surface area contributed by atoms with Gasteiger partial charge in [0.15, 0.2) is 0 Å². The van der Waals surface area contributed by atoms with E-state index in [9.17, 15) is 0 Å². The van der Waals surface area contributed by atoms with Crippen molar-refractivity contribution >= 4 is 10.8 Å². The van der Waals surface area contributed by atoms with Gasteiger partial charge in [-0.15, -0.1) is 6.42 Å². The molecule has 0 saturated carbocycles. The smallest absolute Gasteiger partial charge is 0.0305 e. The number of hydrogen-bond acceptors (Lipinski definition) is 1. The Hall–Kier alpha value is -0.266. The summed E-state index contributed by atoms with van der Waals surface area (Å²) in [6.07, 6.45) is 2.67. The SMILES string of the molecule is [CH2-]Cc1ncc(C)c2ccccc12.[Y]. The number of rotatable bonds is 1. The van der Waals surface area contributed by atoms with Crippen LogP contribution in [0.25, 0.3) is 10.8 Å². The van der Waals surface area contributed by atoms with E-state index < -0.39 is 0 Å². The summed E-state index contributed by atoms with van der Waals surface area (Å²) in [6, 6.07) is 8.34. The summed E-state index contributed by atoms with van der Waals surface area (Å²) >= 11 is 0. The third-order valence-electron chi connectivity index (χ3n) is 2.31. The summed E-state index contributed by atoms with van der Waals surface area (Å²) < 4.78 is 0. The summed E-state index contributed by atoms with van der Waals surface area (Å²) in [5, 5.41) is 2.52. The molecule has 0 aliphatic heterocycles. The second-order valence-corrected chi connectivity index (χ2v) is 3.18. The first kappa shape index (κ1) is 11.8. The maximum Gasteiger partial charge on any atom is 0.0305 e. The molecule has 0 amide bonds. The Balaban J connectivity index is 0.000000980. The molecule has 1 nitrogen and oxygen atoms in total. The third-order valence-corrected chi connectivity index (χ3v) is 2.31. The monoisotopic (exact) mass is 259 g/mol. The van der Waals surface area contributed by atoms with Crippen molar-refractivity contribution in [2.75, 3.05) is 0 Å². The van der Waals surface area contributed by atoms with Gasteiger partial charge in [-0.3, -0.25) is 4.98 Å². The molecule has 1 radical (unpaired) electrons. The van der Waals surface area contributed by atoms with Crippen molar-refractivity contribution in [2.45, 2.75) is 13.3 Å². The predicted octanol–water partition coefficient (Wildman–Crippen LogP) is 2.92. The van der Waals surface area contributed by atoms with Gasteiger partial charge in [-0.1, -0.05) is 24.3 Å². The average molecular weight is 259 g/mol. The van der Waals surface area contributed by atoms with Gasteiger partial charge >= 0.3 is 0 Å². The summed E-state index contributed by atoms with van der Waals surface area (Å²) in [6.45, 7) is 5.96. The van der Waals surface area contributed by atoms with Crippen LogP contribution in [0.2, 0.25) is 0 Å².